The van der Waals surface area contributed by atoms with Crippen LogP contribution in [-0.4, -0.2) is 20.8 Å². The summed E-state index contributed by atoms with van der Waals surface area (Å²) in [6, 6.07) is 21.8. The zero-order valence-corrected chi connectivity index (χ0v) is 27.3. The predicted molar refractivity (Wildman–Crippen MR) is 177 cm³/mol. The van der Waals surface area contributed by atoms with Gasteiger partial charge in [-0.1, -0.05) is 128 Å². The number of alkyl halides is 1. The summed E-state index contributed by atoms with van der Waals surface area (Å²) in [5.74, 6) is 0.634. The summed E-state index contributed by atoms with van der Waals surface area (Å²) >= 11 is 5.85. The monoisotopic (exact) mass is 562 g/mol. The Kier molecular flexibility index (Phi) is 14.3. The fraction of sp³-hybridized carbons (Fsp3) is 0.444. The molecule has 0 unspecified atom stereocenters. The maximum atomic E-state index is 7.02. The molecular weight excluding hydrogens is 512 g/mol. The molecule has 39 heavy (non-hydrogen) atoms. The summed E-state index contributed by atoms with van der Waals surface area (Å²) < 4.78 is 7.02. The van der Waals surface area contributed by atoms with Gasteiger partial charge < -0.3 is 4.43 Å². The van der Waals surface area contributed by atoms with Gasteiger partial charge in [0.15, 0.2) is 0 Å². The molecule has 0 saturated heterocycles. The molecule has 0 N–H and O–H groups in total. The molecule has 0 radical (unpaired) electrons. The van der Waals surface area contributed by atoms with Gasteiger partial charge in [0.25, 0.3) is 8.32 Å². The van der Waals surface area contributed by atoms with Crippen molar-refractivity contribution in [2.75, 3.05) is 12.5 Å². The maximum absolute atomic E-state index is 7.02. The lowest BCUT2D eigenvalue weighted by Crippen LogP contribution is -2.66. The molecule has 0 aliphatic heterocycles. The number of halogens is 1. The molecule has 212 valence electrons. The maximum Gasteiger partial charge on any atom is 0.261 e. The number of rotatable bonds is 15. The molecule has 0 heterocycles. The van der Waals surface area contributed by atoms with Crippen molar-refractivity contribution in [1.29, 1.82) is 0 Å². The average Bonchev–Trinajstić information content (AvgIpc) is 2.91. The molecule has 3 heteroatoms. The van der Waals surface area contributed by atoms with Crippen LogP contribution in [0.1, 0.15) is 87.0 Å². The molecule has 0 amide bonds. The zero-order valence-electron chi connectivity index (χ0n) is 25.5. The van der Waals surface area contributed by atoms with Crippen LogP contribution in [0.15, 0.2) is 107 Å². The van der Waals surface area contributed by atoms with Crippen molar-refractivity contribution in [3.63, 3.8) is 0 Å². The summed E-state index contributed by atoms with van der Waals surface area (Å²) in [5.41, 5.74) is 5.62. The van der Waals surface area contributed by atoms with Crippen molar-refractivity contribution in [3.05, 3.63) is 107 Å². The number of hydrogen-bond acceptors (Lipinski definition) is 1. The lowest BCUT2D eigenvalue weighted by atomic mass is 10.0. The van der Waals surface area contributed by atoms with E-state index in [-0.39, 0.29) is 5.04 Å². The fourth-order valence-electron chi connectivity index (χ4n) is 5.07. The van der Waals surface area contributed by atoms with Crippen LogP contribution < -0.4 is 10.4 Å². The molecule has 0 atom stereocenters. The van der Waals surface area contributed by atoms with E-state index in [2.05, 4.69) is 133 Å². The third-order valence-corrected chi connectivity index (χ3v) is 12.9. The Morgan fingerprint density at radius 3 is 1.41 bits per heavy atom. The summed E-state index contributed by atoms with van der Waals surface area (Å²) in [6.45, 7) is 16.5. The predicted octanol–water partition coefficient (Wildman–Crippen LogP) is 9.93. The van der Waals surface area contributed by atoms with Gasteiger partial charge in [0.2, 0.25) is 0 Å². The Hall–Kier alpha value is -2.13. The van der Waals surface area contributed by atoms with Gasteiger partial charge in [-0.15, -0.1) is 11.6 Å². The van der Waals surface area contributed by atoms with Gasteiger partial charge in [0, 0.05) is 5.88 Å². The molecule has 0 fully saturated rings. The first-order valence-electron chi connectivity index (χ1n) is 14.5. The summed E-state index contributed by atoms with van der Waals surface area (Å²) in [4.78, 5) is 0. The van der Waals surface area contributed by atoms with E-state index in [9.17, 15) is 0 Å². The van der Waals surface area contributed by atoms with Crippen LogP contribution in [0.2, 0.25) is 5.04 Å². The van der Waals surface area contributed by atoms with Crippen LogP contribution in [0, 0.1) is 0 Å². The van der Waals surface area contributed by atoms with Crippen LogP contribution in [0.4, 0.5) is 0 Å². The highest BCUT2D eigenvalue weighted by molar-refractivity contribution is 6.99. The smallest absolute Gasteiger partial charge is 0.261 e. The van der Waals surface area contributed by atoms with E-state index in [1.807, 2.05) is 0 Å². The van der Waals surface area contributed by atoms with Crippen LogP contribution in [0.5, 0.6) is 0 Å². The third-order valence-electron chi connectivity index (χ3n) is 7.45. The Bertz CT molecular complexity index is 1060. The van der Waals surface area contributed by atoms with Gasteiger partial charge in [-0.25, -0.2) is 0 Å². The van der Waals surface area contributed by atoms with Crippen LogP contribution in [0.25, 0.3) is 0 Å². The Morgan fingerprint density at radius 1 is 0.641 bits per heavy atom. The van der Waals surface area contributed by atoms with E-state index in [0.717, 1.165) is 38.5 Å². The van der Waals surface area contributed by atoms with Gasteiger partial charge in [-0.3, -0.25) is 0 Å². The molecule has 0 aliphatic rings. The summed E-state index contributed by atoms with van der Waals surface area (Å²) in [7, 11) is -2.48. The van der Waals surface area contributed by atoms with Gasteiger partial charge in [0.1, 0.15) is 0 Å². The van der Waals surface area contributed by atoms with Crippen LogP contribution in [-0.2, 0) is 4.43 Å². The molecule has 2 aromatic rings. The van der Waals surface area contributed by atoms with Gasteiger partial charge >= 0.3 is 0 Å². The lowest BCUT2D eigenvalue weighted by molar-refractivity contribution is 0.338. The van der Waals surface area contributed by atoms with Gasteiger partial charge in [-0.05, 0) is 81.6 Å². The first-order valence-corrected chi connectivity index (χ1v) is 17.0. The minimum Gasteiger partial charge on any atom is -0.404 e. The Balaban J connectivity index is 1.96. The van der Waals surface area contributed by atoms with Crippen LogP contribution >= 0.6 is 11.6 Å². The van der Waals surface area contributed by atoms with Gasteiger partial charge in [-0.2, -0.15) is 0 Å². The molecule has 2 aromatic carbocycles. The van der Waals surface area contributed by atoms with Crippen molar-refractivity contribution in [3.8, 4) is 0 Å². The SMILES string of the molecule is C/C(=C/CC/C(C)=C\CC/C(C)=C\CC/C(C)=C\CO[Si](c1ccccc1)(c1ccccc1)C(C)(C)C)CCl. The molecule has 0 spiro atoms. The Morgan fingerprint density at radius 2 is 1.03 bits per heavy atom. The van der Waals surface area contributed by atoms with Crippen molar-refractivity contribution in [2.45, 2.75) is 92.0 Å². The van der Waals surface area contributed by atoms with Crippen molar-refractivity contribution < 1.29 is 4.43 Å². The van der Waals surface area contributed by atoms with E-state index >= 15 is 0 Å². The van der Waals surface area contributed by atoms with Crippen molar-refractivity contribution in [1.82, 2.24) is 0 Å². The minimum absolute atomic E-state index is 0.00390. The largest absolute Gasteiger partial charge is 0.404 e. The fourth-order valence-corrected chi connectivity index (χ4v) is 9.67. The molecule has 0 aromatic heterocycles. The van der Waals surface area contributed by atoms with E-state index in [1.165, 1.54) is 32.7 Å². The van der Waals surface area contributed by atoms with E-state index in [0.29, 0.717) is 12.5 Å². The highest BCUT2D eigenvalue weighted by atomic mass is 35.5. The van der Waals surface area contributed by atoms with Crippen LogP contribution in [0.3, 0.4) is 0 Å². The topological polar surface area (TPSA) is 9.23 Å². The van der Waals surface area contributed by atoms with E-state index < -0.39 is 8.32 Å². The van der Waals surface area contributed by atoms with Crippen molar-refractivity contribution in [2.24, 2.45) is 0 Å². The molecule has 0 aliphatic carbocycles. The molecule has 2 rings (SSSR count). The lowest BCUT2D eigenvalue weighted by Gasteiger charge is -2.42. The number of hydrogen-bond donors (Lipinski definition) is 0. The van der Waals surface area contributed by atoms with Gasteiger partial charge in [0.05, 0.1) is 6.61 Å². The second-order valence-electron chi connectivity index (χ2n) is 11.9. The molecular formula is C36H51ClOSi. The second kappa shape index (κ2) is 16.9. The quantitative estimate of drug-likeness (QED) is 0.119. The minimum atomic E-state index is -2.48. The zero-order chi connectivity index (χ0) is 28.7. The molecule has 0 bridgehead atoms. The van der Waals surface area contributed by atoms with E-state index in [1.54, 1.807) is 0 Å². The highest BCUT2D eigenvalue weighted by Gasteiger charge is 2.49. The summed E-state index contributed by atoms with van der Waals surface area (Å²) in [6.07, 6.45) is 16.0. The first kappa shape index (κ1) is 33.1. The Labute approximate surface area is 245 Å². The normalized spacial score (nSPS) is 14.2. The summed E-state index contributed by atoms with van der Waals surface area (Å²) in [5, 5.41) is 2.67. The molecule has 0 saturated carbocycles. The second-order valence-corrected chi connectivity index (χ2v) is 16.5. The number of benzene rings is 2. The average molecular weight is 563 g/mol. The third kappa shape index (κ3) is 10.7. The molecule has 1 nitrogen and oxygen atoms in total. The first-order chi connectivity index (χ1) is 18.6. The number of allylic oxidation sites excluding steroid dienone is 7. The van der Waals surface area contributed by atoms with Crippen molar-refractivity contribution >= 4 is 30.3 Å². The van der Waals surface area contributed by atoms with E-state index in [4.69, 9.17) is 16.0 Å². The standard InChI is InChI=1S/C36H51ClOSi/c1-30(17-14-18-31(2)20-16-22-33(4)29-37)19-15-21-32(3)27-28-38-39(36(5,6)7,34-23-10-8-11-24-34)35-25-12-9-13-26-35/h8-13,18-19,22-27H,14-17,20-21,28-29H2,1-7H3/b30-19-,31-18-,32-27-,33-22-. The highest BCUT2D eigenvalue weighted by Crippen LogP contribution is 2.36.